The molecule has 0 atom stereocenters. The first-order valence-electron chi connectivity index (χ1n) is 11.7. The lowest BCUT2D eigenvalue weighted by atomic mass is 10.1. The number of benzene rings is 3. The third-order valence-electron chi connectivity index (χ3n) is 6.22. The average molecular weight is 488 g/mol. The number of nitro groups is 1. The number of piperazine rings is 1. The topological polar surface area (TPSA) is 100 Å². The molecule has 1 heterocycles. The molecule has 36 heavy (non-hydrogen) atoms. The van der Waals surface area contributed by atoms with Gasteiger partial charge in [0.25, 0.3) is 11.6 Å². The molecule has 1 fully saturated rings. The molecule has 3 aromatic rings. The zero-order valence-corrected chi connectivity index (χ0v) is 20.4. The van der Waals surface area contributed by atoms with Crippen molar-refractivity contribution in [3.05, 3.63) is 99.6 Å². The van der Waals surface area contributed by atoms with Crippen molar-refractivity contribution in [3.8, 4) is 5.75 Å². The van der Waals surface area contributed by atoms with Gasteiger partial charge in [-0.2, -0.15) is 5.10 Å². The predicted molar refractivity (Wildman–Crippen MR) is 140 cm³/mol. The Balaban J connectivity index is 1.30. The fourth-order valence-corrected chi connectivity index (χ4v) is 4.17. The number of nitro benzene ring substituents is 1. The molecule has 4 rings (SSSR count). The van der Waals surface area contributed by atoms with Crippen LogP contribution in [0.3, 0.4) is 0 Å². The number of anilines is 1. The highest BCUT2D eigenvalue weighted by Crippen LogP contribution is 2.28. The Morgan fingerprint density at radius 1 is 1.00 bits per heavy atom. The van der Waals surface area contributed by atoms with Gasteiger partial charge in [0.1, 0.15) is 5.75 Å². The number of hydrogen-bond donors (Lipinski definition) is 1. The van der Waals surface area contributed by atoms with Crippen molar-refractivity contribution < 1.29 is 14.5 Å². The third kappa shape index (κ3) is 6.05. The van der Waals surface area contributed by atoms with Gasteiger partial charge in [0.15, 0.2) is 0 Å². The summed E-state index contributed by atoms with van der Waals surface area (Å²) in [4.78, 5) is 27.8. The molecule has 0 bridgehead atoms. The summed E-state index contributed by atoms with van der Waals surface area (Å²) in [5.74, 6) is 0.557. The van der Waals surface area contributed by atoms with E-state index in [2.05, 4.69) is 26.4 Å². The minimum Gasteiger partial charge on any atom is -0.495 e. The lowest BCUT2D eigenvalue weighted by Crippen LogP contribution is -2.46. The van der Waals surface area contributed by atoms with E-state index in [9.17, 15) is 14.9 Å². The van der Waals surface area contributed by atoms with E-state index in [4.69, 9.17) is 4.74 Å². The first-order valence-corrected chi connectivity index (χ1v) is 11.7. The van der Waals surface area contributed by atoms with Crippen LogP contribution in [-0.2, 0) is 6.54 Å². The quantitative estimate of drug-likeness (QED) is 0.292. The van der Waals surface area contributed by atoms with Gasteiger partial charge >= 0.3 is 0 Å². The number of rotatable bonds is 8. The van der Waals surface area contributed by atoms with Gasteiger partial charge in [0.05, 0.1) is 23.4 Å². The Hall–Kier alpha value is -4.24. The monoisotopic (exact) mass is 487 g/mol. The second kappa shape index (κ2) is 11.5. The van der Waals surface area contributed by atoms with E-state index in [0.717, 1.165) is 49.7 Å². The summed E-state index contributed by atoms with van der Waals surface area (Å²) in [5.41, 5.74) is 6.32. The van der Waals surface area contributed by atoms with Crippen molar-refractivity contribution in [3.63, 3.8) is 0 Å². The Labute approximate surface area is 210 Å². The van der Waals surface area contributed by atoms with Gasteiger partial charge < -0.3 is 9.64 Å². The summed E-state index contributed by atoms with van der Waals surface area (Å²) < 4.78 is 5.50. The van der Waals surface area contributed by atoms with Crippen LogP contribution in [0.5, 0.6) is 5.75 Å². The van der Waals surface area contributed by atoms with E-state index in [-0.39, 0.29) is 11.6 Å². The number of nitrogens with zero attached hydrogens (tertiary/aromatic N) is 4. The number of non-ortho nitro benzene ring substituents is 1. The van der Waals surface area contributed by atoms with Gasteiger partial charge in [-0.3, -0.25) is 19.8 Å². The van der Waals surface area contributed by atoms with Crippen molar-refractivity contribution in [2.75, 3.05) is 38.2 Å². The van der Waals surface area contributed by atoms with Gasteiger partial charge in [-0.05, 0) is 36.8 Å². The smallest absolute Gasteiger partial charge is 0.271 e. The molecule has 0 spiro atoms. The lowest BCUT2D eigenvalue weighted by molar-refractivity contribution is -0.384. The highest BCUT2D eigenvalue weighted by molar-refractivity contribution is 6.01. The average Bonchev–Trinajstić information content (AvgIpc) is 2.92. The molecule has 9 heteroatoms. The van der Waals surface area contributed by atoms with Crippen LogP contribution >= 0.6 is 0 Å². The first-order chi connectivity index (χ1) is 17.4. The largest absolute Gasteiger partial charge is 0.495 e. The molecule has 3 aromatic carbocycles. The summed E-state index contributed by atoms with van der Waals surface area (Å²) in [7, 11) is 1.70. The Bertz CT molecular complexity index is 1250. The van der Waals surface area contributed by atoms with Crippen molar-refractivity contribution in [1.82, 2.24) is 10.3 Å². The summed E-state index contributed by atoms with van der Waals surface area (Å²) >= 11 is 0. The van der Waals surface area contributed by atoms with E-state index in [0.29, 0.717) is 16.8 Å². The summed E-state index contributed by atoms with van der Waals surface area (Å²) in [6.45, 7) is 6.21. The van der Waals surface area contributed by atoms with E-state index >= 15 is 0 Å². The van der Waals surface area contributed by atoms with Crippen LogP contribution in [-0.4, -0.2) is 54.7 Å². The molecule has 0 unspecified atom stereocenters. The van der Waals surface area contributed by atoms with Crippen LogP contribution in [0, 0.1) is 10.1 Å². The van der Waals surface area contributed by atoms with E-state index in [1.807, 2.05) is 30.3 Å². The molecule has 186 valence electrons. The van der Waals surface area contributed by atoms with Crippen molar-refractivity contribution >= 4 is 23.0 Å². The number of carbonyl (C=O) groups excluding carboxylic acids is 1. The minimum atomic E-state index is -0.461. The van der Waals surface area contributed by atoms with Crippen LogP contribution < -0.4 is 15.1 Å². The molecule has 0 aromatic heterocycles. The highest BCUT2D eigenvalue weighted by Gasteiger charge is 2.19. The Morgan fingerprint density at radius 3 is 2.42 bits per heavy atom. The third-order valence-corrected chi connectivity index (χ3v) is 6.22. The zero-order chi connectivity index (χ0) is 25.5. The van der Waals surface area contributed by atoms with Gasteiger partial charge in [-0.25, -0.2) is 5.43 Å². The second-order valence-corrected chi connectivity index (χ2v) is 8.58. The number of amides is 1. The van der Waals surface area contributed by atoms with Gasteiger partial charge in [0.2, 0.25) is 0 Å². The molecule has 0 aliphatic carbocycles. The van der Waals surface area contributed by atoms with Crippen LogP contribution in [0.2, 0.25) is 0 Å². The number of para-hydroxylation sites is 2. The van der Waals surface area contributed by atoms with E-state index in [1.54, 1.807) is 38.3 Å². The maximum absolute atomic E-state index is 12.5. The molecule has 1 aliphatic rings. The second-order valence-electron chi connectivity index (χ2n) is 8.58. The number of methoxy groups -OCH3 is 1. The molecule has 0 radical (unpaired) electrons. The minimum absolute atomic E-state index is 0.0230. The molecular weight excluding hydrogens is 458 g/mol. The molecule has 0 saturated carbocycles. The summed E-state index contributed by atoms with van der Waals surface area (Å²) in [6, 6.07) is 21.7. The highest BCUT2D eigenvalue weighted by atomic mass is 16.6. The number of hydrazone groups is 1. The van der Waals surface area contributed by atoms with Gasteiger partial charge in [-0.1, -0.05) is 36.4 Å². The van der Waals surface area contributed by atoms with E-state index in [1.165, 1.54) is 12.1 Å². The van der Waals surface area contributed by atoms with Crippen molar-refractivity contribution in [1.29, 1.82) is 0 Å². The molecule has 1 saturated heterocycles. The first kappa shape index (κ1) is 24.9. The number of nitrogens with one attached hydrogen (secondary N) is 1. The van der Waals surface area contributed by atoms with Gasteiger partial charge in [-0.15, -0.1) is 0 Å². The van der Waals surface area contributed by atoms with Gasteiger partial charge in [0, 0.05) is 56.0 Å². The molecule has 1 aliphatic heterocycles. The standard InChI is InChI=1S/C27H29N5O4/c1-20(23-6-5-7-24(18-23)32(34)35)28-29-27(33)22-12-10-21(11-13-22)19-30-14-16-31(17-15-30)25-8-3-4-9-26(25)36-2/h3-13,18H,14-17,19H2,1-2H3,(H,29,33). The molecule has 1 amide bonds. The maximum atomic E-state index is 12.5. The number of carbonyl (C=O) groups is 1. The normalized spacial score (nSPS) is 14.4. The zero-order valence-electron chi connectivity index (χ0n) is 20.4. The van der Waals surface area contributed by atoms with Crippen LogP contribution in [0.15, 0.2) is 77.9 Å². The number of hydrogen-bond acceptors (Lipinski definition) is 7. The summed E-state index contributed by atoms with van der Waals surface area (Å²) in [6.07, 6.45) is 0. The SMILES string of the molecule is COc1ccccc1N1CCN(Cc2ccc(C(=O)NN=C(C)c3cccc([N+](=O)[O-])c3)cc2)CC1. The fourth-order valence-electron chi connectivity index (χ4n) is 4.17. The van der Waals surface area contributed by atoms with Crippen molar-refractivity contribution in [2.24, 2.45) is 5.10 Å². The maximum Gasteiger partial charge on any atom is 0.271 e. The fraction of sp³-hybridized carbons (Fsp3) is 0.259. The Kier molecular flexibility index (Phi) is 7.92. The molecular formula is C27H29N5O4. The van der Waals surface area contributed by atoms with E-state index < -0.39 is 4.92 Å². The molecule has 9 nitrogen and oxygen atoms in total. The lowest BCUT2D eigenvalue weighted by Gasteiger charge is -2.36. The molecule has 1 N–H and O–H groups in total. The van der Waals surface area contributed by atoms with Crippen molar-refractivity contribution in [2.45, 2.75) is 13.5 Å². The Morgan fingerprint density at radius 2 is 1.72 bits per heavy atom. The number of ether oxygens (including phenoxy) is 1. The predicted octanol–water partition coefficient (Wildman–Crippen LogP) is 4.08. The summed E-state index contributed by atoms with van der Waals surface area (Å²) in [5, 5.41) is 15.1. The van der Waals surface area contributed by atoms with Crippen LogP contribution in [0.1, 0.15) is 28.4 Å². The van der Waals surface area contributed by atoms with Crippen LogP contribution in [0.4, 0.5) is 11.4 Å². The van der Waals surface area contributed by atoms with Crippen LogP contribution in [0.25, 0.3) is 0 Å².